The van der Waals surface area contributed by atoms with Gasteiger partial charge in [-0.25, -0.2) is 4.79 Å². The van der Waals surface area contributed by atoms with Crippen LogP contribution in [0.15, 0.2) is 18.2 Å². The smallest absolute Gasteiger partial charge is 0.407 e. The Kier molecular flexibility index (Phi) is 7.20. The van der Waals surface area contributed by atoms with Crippen molar-refractivity contribution in [3.63, 3.8) is 0 Å². The van der Waals surface area contributed by atoms with Gasteiger partial charge in [0, 0.05) is 28.7 Å². The molecule has 0 saturated heterocycles. The monoisotopic (exact) mass is 428 g/mol. The molecule has 1 aromatic carbocycles. The molecule has 0 saturated carbocycles. The Morgan fingerprint density at radius 2 is 1.89 bits per heavy atom. The highest BCUT2D eigenvalue weighted by Crippen LogP contribution is 2.33. The molecule has 0 unspecified atom stereocenters. The molecule has 0 aliphatic rings. The van der Waals surface area contributed by atoms with Gasteiger partial charge in [0.25, 0.3) is 0 Å². The number of aromatic nitrogens is 2. The summed E-state index contributed by atoms with van der Waals surface area (Å²) < 4.78 is 7.73. The molecule has 0 bridgehead atoms. The number of benzene rings is 1. The zero-order valence-electron chi connectivity index (χ0n) is 16.5. The van der Waals surface area contributed by atoms with Crippen LogP contribution in [-0.2, 0) is 19.5 Å². The predicted molar refractivity (Wildman–Crippen MR) is 111 cm³/mol. The molecule has 2 rings (SSSR count). The third-order valence-electron chi connectivity index (χ3n) is 4.24. The first kappa shape index (κ1) is 22.3. The number of carbonyl (C=O) groups is 1. The number of hydrogen-bond acceptors (Lipinski definition) is 4. The first-order valence-electron chi connectivity index (χ1n) is 9.00. The Morgan fingerprint density at radius 3 is 2.36 bits per heavy atom. The molecule has 154 valence electrons. The third-order valence-corrected chi connectivity index (χ3v) is 4.67. The van der Waals surface area contributed by atoms with Crippen LogP contribution < -0.4 is 10.5 Å². The van der Waals surface area contributed by atoms with Gasteiger partial charge >= 0.3 is 6.09 Å². The predicted octanol–water partition coefficient (Wildman–Crippen LogP) is 4.78. The number of ether oxygens (including phenoxy) is 1. The average Bonchev–Trinajstić information content (AvgIpc) is 2.89. The quantitative estimate of drug-likeness (QED) is 0.661. The highest BCUT2D eigenvalue weighted by atomic mass is 35.5. The molecule has 0 radical (unpaired) electrons. The van der Waals surface area contributed by atoms with Crippen LogP contribution in [0.2, 0.25) is 10.0 Å². The Morgan fingerprint density at radius 1 is 1.29 bits per heavy atom. The molecule has 9 heteroatoms. The number of nitrogens with two attached hydrogens (primary N) is 1. The lowest BCUT2D eigenvalue weighted by atomic mass is 10.1. The van der Waals surface area contributed by atoms with E-state index in [2.05, 4.69) is 5.10 Å². The summed E-state index contributed by atoms with van der Waals surface area (Å²) in [6, 6.07) is 4.95. The van der Waals surface area contributed by atoms with E-state index >= 15 is 0 Å². The van der Waals surface area contributed by atoms with Crippen molar-refractivity contribution in [2.24, 2.45) is 5.73 Å². The van der Waals surface area contributed by atoms with Crippen molar-refractivity contribution >= 4 is 29.3 Å². The van der Waals surface area contributed by atoms with Gasteiger partial charge in [-0.1, -0.05) is 30.1 Å². The fourth-order valence-corrected chi connectivity index (χ4v) is 3.39. The van der Waals surface area contributed by atoms with Crippen LogP contribution in [0.1, 0.15) is 39.1 Å². The minimum Gasteiger partial charge on any atom is -0.465 e. The van der Waals surface area contributed by atoms with E-state index in [1.54, 1.807) is 22.9 Å². The maximum absolute atomic E-state index is 11.6. The zero-order chi connectivity index (χ0) is 21.1. The van der Waals surface area contributed by atoms with Gasteiger partial charge in [-0.2, -0.15) is 5.10 Å². The lowest BCUT2D eigenvalue weighted by Crippen LogP contribution is -2.46. The van der Waals surface area contributed by atoms with Crippen LogP contribution in [0.25, 0.3) is 0 Å². The normalized spacial score (nSPS) is 11.5. The number of amides is 1. The molecule has 0 spiro atoms. The van der Waals surface area contributed by atoms with Gasteiger partial charge in [-0.05, 0) is 45.4 Å². The highest BCUT2D eigenvalue weighted by molar-refractivity contribution is 6.34. The van der Waals surface area contributed by atoms with Crippen molar-refractivity contribution in [3.05, 3.63) is 39.6 Å². The lowest BCUT2D eigenvalue weighted by molar-refractivity contribution is 0.0969. The molecule has 7 nitrogen and oxygen atoms in total. The van der Waals surface area contributed by atoms with E-state index in [4.69, 9.17) is 33.7 Å². The molecule has 0 fully saturated rings. The minimum absolute atomic E-state index is 0.194. The molecule has 28 heavy (non-hydrogen) atoms. The van der Waals surface area contributed by atoms with E-state index in [0.717, 1.165) is 5.69 Å². The molecular formula is C19H26Cl2N4O3. The molecule has 1 heterocycles. The average molecular weight is 429 g/mol. The number of aryl methyl sites for hydroxylation is 1. The van der Waals surface area contributed by atoms with Crippen LogP contribution in [-0.4, -0.2) is 38.0 Å². The van der Waals surface area contributed by atoms with Crippen molar-refractivity contribution in [2.75, 3.05) is 6.54 Å². The van der Waals surface area contributed by atoms with Gasteiger partial charge in [-0.3, -0.25) is 4.68 Å². The van der Waals surface area contributed by atoms with E-state index in [9.17, 15) is 9.90 Å². The Bertz CT molecular complexity index is 826. The minimum atomic E-state index is -0.977. The van der Waals surface area contributed by atoms with Crippen LogP contribution >= 0.6 is 23.2 Å². The van der Waals surface area contributed by atoms with Gasteiger partial charge in [0.15, 0.2) is 5.75 Å². The first-order valence-corrected chi connectivity index (χ1v) is 9.75. The summed E-state index contributed by atoms with van der Waals surface area (Å²) in [4.78, 5) is 12.9. The summed E-state index contributed by atoms with van der Waals surface area (Å²) in [5.74, 6) is 1.05. The third kappa shape index (κ3) is 5.31. The fourth-order valence-electron chi connectivity index (χ4n) is 2.89. The van der Waals surface area contributed by atoms with E-state index in [-0.39, 0.29) is 13.1 Å². The first-order chi connectivity index (χ1) is 13.1. The molecule has 2 aromatic rings. The molecule has 0 aliphatic heterocycles. The standard InChI is InChI=1S/C19H26Cl2N4O3/c1-5-15-17(28-14-9-12(20)8-13(21)10-14)16(11-22)25(23-15)7-6-24(18(26)27)19(2,3)4/h8-10H,5-7,11,22H2,1-4H3,(H,26,27). The highest BCUT2D eigenvalue weighted by Gasteiger charge is 2.27. The number of rotatable bonds is 7. The molecule has 1 amide bonds. The van der Waals surface area contributed by atoms with Gasteiger partial charge in [0.05, 0.1) is 12.2 Å². The summed E-state index contributed by atoms with van der Waals surface area (Å²) in [6.07, 6.45) is -0.347. The van der Waals surface area contributed by atoms with Crippen molar-refractivity contribution in [1.29, 1.82) is 0 Å². The fraction of sp³-hybridized carbons (Fsp3) is 0.474. The lowest BCUT2D eigenvalue weighted by Gasteiger charge is -2.33. The van der Waals surface area contributed by atoms with E-state index in [0.29, 0.717) is 40.2 Å². The van der Waals surface area contributed by atoms with Crippen molar-refractivity contribution in [1.82, 2.24) is 14.7 Å². The molecule has 1 aromatic heterocycles. The molecule has 3 N–H and O–H groups in total. The van der Waals surface area contributed by atoms with E-state index in [1.807, 2.05) is 27.7 Å². The molecule has 0 atom stereocenters. The van der Waals surface area contributed by atoms with Gasteiger partial charge < -0.3 is 20.5 Å². The van der Waals surface area contributed by atoms with Crippen LogP contribution in [0.5, 0.6) is 11.5 Å². The number of hydrogen-bond donors (Lipinski definition) is 2. The number of nitrogens with zero attached hydrogens (tertiary/aromatic N) is 3. The van der Waals surface area contributed by atoms with Crippen molar-refractivity contribution < 1.29 is 14.6 Å². The van der Waals surface area contributed by atoms with E-state index in [1.165, 1.54) is 4.90 Å². The maximum Gasteiger partial charge on any atom is 0.407 e. The second-order valence-corrected chi connectivity index (χ2v) is 8.19. The van der Waals surface area contributed by atoms with Gasteiger partial charge in [0.1, 0.15) is 11.4 Å². The summed E-state index contributed by atoms with van der Waals surface area (Å²) >= 11 is 12.1. The molecular weight excluding hydrogens is 403 g/mol. The number of halogens is 2. The van der Waals surface area contributed by atoms with E-state index < -0.39 is 11.6 Å². The Hall–Kier alpha value is -1.96. The summed E-state index contributed by atoms with van der Waals surface area (Å²) in [6.45, 7) is 8.35. The summed E-state index contributed by atoms with van der Waals surface area (Å²) in [7, 11) is 0. The molecule has 0 aliphatic carbocycles. The van der Waals surface area contributed by atoms with Crippen molar-refractivity contribution in [2.45, 2.75) is 52.7 Å². The zero-order valence-corrected chi connectivity index (χ0v) is 18.0. The topological polar surface area (TPSA) is 93.6 Å². The second-order valence-electron chi connectivity index (χ2n) is 7.32. The Balaban J connectivity index is 2.33. The SMILES string of the molecule is CCc1nn(CCN(C(=O)O)C(C)(C)C)c(CN)c1Oc1cc(Cl)cc(Cl)c1. The van der Waals surface area contributed by atoms with Crippen LogP contribution in [0.3, 0.4) is 0 Å². The summed E-state index contributed by atoms with van der Waals surface area (Å²) in [5.41, 5.74) is 6.86. The maximum atomic E-state index is 11.6. The van der Waals surface area contributed by atoms with Crippen molar-refractivity contribution in [3.8, 4) is 11.5 Å². The van der Waals surface area contributed by atoms with Crippen LogP contribution in [0, 0.1) is 0 Å². The second kappa shape index (κ2) is 9.03. The number of carboxylic acid groups (broad SMARTS) is 1. The van der Waals surface area contributed by atoms with Crippen LogP contribution in [0.4, 0.5) is 4.79 Å². The largest absolute Gasteiger partial charge is 0.465 e. The summed E-state index contributed by atoms with van der Waals surface area (Å²) in [5, 5.41) is 15.0. The Labute approximate surface area is 175 Å². The van der Waals surface area contributed by atoms with Gasteiger partial charge in [0.2, 0.25) is 0 Å². The van der Waals surface area contributed by atoms with Gasteiger partial charge in [-0.15, -0.1) is 0 Å².